The SMILES string of the molecule is COc1cc(NC(=O)c2ccccc2)c(C(=O)NCCC(C)N)cc1OC.Cl. The summed E-state index contributed by atoms with van der Waals surface area (Å²) in [6.45, 7) is 2.30. The maximum absolute atomic E-state index is 12.6. The van der Waals surface area contributed by atoms with E-state index in [1.54, 1.807) is 36.4 Å². The van der Waals surface area contributed by atoms with E-state index in [1.165, 1.54) is 14.2 Å². The molecule has 8 heteroatoms. The number of hydrogen-bond donors (Lipinski definition) is 3. The summed E-state index contributed by atoms with van der Waals surface area (Å²) in [5, 5.41) is 5.58. The minimum Gasteiger partial charge on any atom is -0.493 e. The lowest BCUT2D eigenvalue weighted by Gasteiger charge is -2.16. The highest BCUT2D eigenvalue weighted by Crippen LogP contribution is 2.33. The molecule has 0 saturated carbocycles. The predicted molar refractivity (Wildman–Crippen MR) is 112 cm³/mol. The van der Waals surface area contributed by atoms with Crippen molar-refractivity contribution < 1.29 is 19.1 Å². The molecule has 0 heterocycles. The average Bonchev–Trinajstić information content (AvgIpc) is 2.67. The van der Waals surface area contributed by atoms with E-state index in [2.05, 4.69) is 10.6 Å². The van der Waals surface area contributed by atoms with E-state index < -0.39 is 0 Å². The number of nitrogens with one attached hydrogen (secondary N) is 2. The van der Waals surface area contributed by atoms with Gasteiger partial charge in [-0.05, 0) is 31.5 Å². The van der Waals surface area contributed by atoms with Crippen LogP contribution in [0.5, 0.6) is 11.5 Å². The van der Waals surface area contributed by atoms with E-state index in [9.17, 15) is 9.59 Å². The van der Waals surface area contributed by atoms with Gasteiger partial charge >= 0.3 is 0 Å². The second-order valence-electron chi connectivity index (χ2n) is 6.09. The van der Waals surface area contributed by atoms with Gasteiger partial charge < -0.3 is 25.8 Å². The summed E-state index contributed by atoms with van der Waals surface area (Å²) in [6.07, 6.45) is 0.644. The van der Waals surface area contributed by atoms with Crippen molar-refractivity contribution in [2.24, 2.45) is 5.73 Å². The molecule has 28 heavy (non-hydrogen) atoms. The van der Waals surface area contributed by atoms with E-state index in [0.29, 0.717) is 35.7 Å². The largest absolute Gasteiger partial charge is 0.493 e. The molecule has 1 atom stereocenters. The van der Waals surface area contributed by atoms with Crippen LogP contribution in [0.3, 0.4) is 0 Å². The minimum absolute atomic E-state index is 0. The number of carbonyl (C=O) groups excluding carboxylic acids is 2. The Bertz CT molecular complexity index is 798. The minimum atomic E-state index is -0.333. The molecule has 2 aromatic carbocycles. The van der Waals surface area contributed by atoms with Crippen LogP contribution in [0.2, 0.25) is 0 Å². The molecule has 2 amide bonds. The summed E-state index contributed by atoms with van der Waals surface area (Å²) in [7, 11) is 2.97. The number of carbonyl (C=O) groups is 2. The summed E-state index contributed by atoms with van der Waals surface area (Å²) in [5.74, 6) is 0.146. The molecule has 4 N–H and O–H groups in total. The highest BCUT2D eigenvalue weighted by atomic mass is 35.5. The first-order valence-electron chi connectivity index (χ1n) is 8.62. The van der Waals surface area contributed by atoms with Crippen LogP contribution in [-0.2, 0) is 0 Å². The fourth-order valence-electron chi connectivity index (χ4n) is 2.46. The van der Waals surface area contributed by atoms with Gasteiger partial charge in [-0.3, -0.25) is 9.59 Å². The van der Waals surface area contributed by atoms with Crippen molar-refractivity contribution in [2.45, 2.75) is 19.4 Å². The van der Waals surface area contributed by atoms with Gasteiger partial charge in [0.1, 0.15) is 0 Å². The number of halogens is 1. The Balaban J connectivity index is 0.00000392. The monoisotopic (exact) mass is 407 g/mol. The quantitative estimate of drug-likeness (QED) is 0.624. The van der Waals surface area contributed by atoms with Crippen LogP contribution < -0.4 is 25.8 Å². The molecular weight excluding hydrogens is 382 g/mol. The first-order chi connectivity index (χ1) is 13.0. The van der Waals surface area contributed by atoms with Gasteiger partial charge in [0.25, 0.3) is 11.8 Å². The Morgan fingerprint density at radius 1 is 1.04 bits per heavy atom. The van der Waals surface area contributed by atoms with Crippen LogP contribution in [0, 0.1) is 0 Å². The number of hydrogen-bond acceptors (Lipinski definition) is 5. The highest BCUT2D eigenvalue weighted by Gasteiger charge is 2.19. The molecule has 0 aromatic heterocycles. The molecule has 0 saturated heterocycles. The van der Waals surface area contributed by atoms with Gasteiger partial charge in [0.2, 0.25) is 0 Å². The number of anilines is 1. The van der Waals surface area contributed by atoms with Crippen molar-refractivity contribution in [3.05, 3.63) is 53.6 Å². The Morgan fingerprint density at radius 3 is 2.21 bits per heavy atom. The van der Waals surface area contributed by atoms with Gasteiger partial charge in [-0.1, -0.05) is 18.2 Å². The maximum atomic E-state index is 12.6. The van der Waals surface area contributed by atoms with E-state index >= 15 is 0 Å². The van der Waals surface area contributed by atoms with Gasteiger partial charge in [0.15, 0.2) is 11.5 Å². The van der Waals surface area contributed by atoms with Gasteiger partial charge in [0.05, 0.1) is 25.5 Å². The molecule has 0 bridgehead atoms. The summed E-state index contributed by atoms with van der Waals surface area (Å²) in [5.41, 5.74) is 6.81. The second kappa shape index (κ2) is 11.2. The molecule has 0 fully saturated rings. The van der Waals surface area contributed by atoms with E-state index in [4.69, 9.17) is 15.2 Å². The first-order valence-corrected chi connectivity index (χ1v) is 8.62. The molecule has 0 aliphatic carbocycles. The van der Waals surface area contributed by atoms with Crippen molar-refractivity contribution in [1.29, 1.82) is 0 Å². The number of benzene rings is 2. The number of nitrogens with two attached hydrogens (primary N) is 1. The number of ether oxygens (including phenoxy) is 2. The van der Waals surface area contributed by atoms with Crippen LogP contribution in [0.25, 0.3) is 0 Å². The summed E-state index contributed by atoms with van der Waals surface area (Å²) in [6, 6.07) is 11.8. The number of rotatable bonds is 8. The van der Waals surface area contributed by atoms with Gasteiger partial charge in [-0.25, -0.2) is 0 Å². The van der Waals surface area contributed by atoms with Crippen molar-refractivity contribution >= 4 is 29.9 Å². The van der Waals surface area contributed by atoms with Crippen LogP contribution in [0.4, 0.5) is 5.69 Å². The Kier molecular flexibility index (Phi) is 9.27. The molecule has 1 unspecified atom stereocenters. The van der Waals surface area contributed by atoms with Crippen molar-refractivity contribution in [2.75, 3.05) is 26.1 Å². The number of amides is 2. The smallest absolute Gasteiger partial charge is 0.255 e. The molecule has 0 radical (unpaired) electrons. The molecule has 0 aliphatic heterocycles. The normalized spacial score (nSPS) is 11.0. The highest BCUT2D eigenvalue weighted by molar-refractivity contribution is 6.09. The zero-order valence-corrected chi connectivity index (χ0v) is 17.0. The van der Waals surface area contributed by atoms with E-state index in [-0.39, 0.29) is 35.8 Å². The van der Waals surface area contributed by atoms with Crippen molar-refractivity contribution in [3.63, 3.8) is 0 Å². The molecular formula is C20H26ClN3O4. The summed E-state index contributed by atoms with van der Waals surface area (Å²) >= 11 is 0. The Hall–Kier alpha value is -2.77. The molecule has 0 spiro atoms. The lowest BCUT2D eigenvalue weighted by molar-refractivity contribution is 0.0953. The number of methoxy groups -OCH3 is 2. The Morgan fingerprint density at radius 2 is 1.64 bits per heavy atom. The Labute approximate surface area is 171 Å². The van der Waals surface area contributed by atoms with Gasteiger partial charge in [0, 0.05) is 24.2 Å². The third kappa shape index (κ3) is 6.14. The standard InChI is InChI=1S/C20H25N3O4.ClH/c1-13(21)9-10-22-20(25)15-11-17(26-2)18(27-3)12-16(15)23-19(24)14-7-5-4-6-8-14;/h4-8,11-13H,9-10,21H2,1-3H3,(H,22,25)(H,23,24);1H. The van der Waals surface area contributed by atoms with Crippen LogP contribution in [0.1, 0.15) is 34.1 Å². The second-order valence-corrected chi connectivity index (χ2v) is 6.09. The summed E-state index contributed by atoms with van der Waals surface area (Å²) in [4.78, 5) is 25.1. The molecule has 7 nitrogen and oxygen atoms in total. The molecule has 152 valence electrons. The van der Waals surface area contributed by atoms with Crippen LogP contribution in [0.15, 0.2) is 42.5 Å². The van der Waals surface area contributed by atoms with Gasteiger partial charge in [-0.15, -0.1) is 12.4 Å². The summed E-state index contributed by atoms with van der Waals surface area (Å²) < 4.78 is 10.6. The predicted octanol–water partition coefficient (Wildman–Crippen LogP) is 2.85. The van der Waals surface area contributed by atoms with Crippen molar-refractivity contribution in [3.8, 4) is 11.5 Å². The van der Waals surface area contributed by atoms with E-state index in [1.807, 2.05) is 13.0 Å². The lowest BCUT2D eigenvalue weighted by atomic mass is 10.1. The molecule has 2 rings (SSSR count). The lowest BCUT2D eigenvalue weighted by Crippen LogP contribution is -2.29. The fourth-order valence-corrected chi connectivity index (χ4v) is 2.46. The first kappa shape index (κ1) is 23.3. The maximum Gasteiger partial charge on any atom is 0.255 e. The van der Waals surface area contributed by atoms with Crippen LogP contribution >= 0.6 is 12.4 Å². The topological polar surface area (TPSA) is 103 Å². The third-order valence-corrected chi connectivity index (χ3v) is 3.94. The third-order valence-electron chi connectivity index (χ3n) is 3.94. The van der Waals surface area contributed by atoms with Crippen LogP contribution in [-0.4, -0.2) is 38.6 Å². The zero-order chi connectivity index (χ0) is 19.8. The molecule has 0 aliphatic rings. The molecule has 2 aromatic rings. The average molecular weight is 408 g/mol. The van der Waals surface area contributed by atoms with Crippen molar-refractivity contribution in [1.82, 2.24) is 5.32 Å². The fraction of sp³-hybridized carbons (Fsp3) is 0.300. The van der Waals surface area contributed by atoms with Gasteiger partial charge in [-0.2, -0.15) is 0 Å². The zero-order valence-electron chi connectivity index (χ0n) is 16.2. The van der Waals surface area contributed by atoms with E-state index in [0.717, 1.165) is 0 Å².